The third-order valence-electron chi connectivity index (χ3n) is 4.44. The molecule has 0 N–H and O–H groups in total. The lowest BCUT2D eigenvalue weighted by Crippen LogP contribution is -2.10. The Labute approximate surface area is 93.6 Å². The van der Waals surface area contributed by atoms with Crippen LogP contribution in [0, 0.1) is 17.8 Å². The van der Waals surface area contributed by atoms with Crippen LogP contribution in [0.25, 0.3) is 0 Å². The maximum Gasteiger partial charge on any atom is 0.132 e. The molecule has 2 bridgehead atoms. The molecule has 0 aromatic carbocycles. The Morgan fingerprint density at radius 3 is 2.67 bits per heavy atom. The van der Waals surface area contributed by atoms with Crippen LogP contribution in [0.3, 0.4) is 0 Å². The van der Waals surface area contributed by atoms with E-state index in [0.717, 1.165) is 43.4 Å². The third kappa shape index (κ3) is 2.83. The van der Waals surface area contributed by atoms with Gasteiger partial charge in [-0.05, 0) is 56.3 Å². The molecule has 0 amide bonds. The third-order valence-corrected chi connectivity index (χ3v) is 4.44. The first kappa shape index (κ1) is 11.2. The second-order valence-corrected chi connectivity index (χ2v) is 5.62. The number of hydrogen-bond acceptors (Lipinski definition) is 1. The molecule has 0 saturated heterocycles. The summed E-state index contributed by atoms with van der Waals surface area (Å²) >= 11 is 0. The molecule has 0 heterocycles. The van der Waals surface area contributed by atoms with E-state index < -0.39 is 0 Å². The number of fused-ring (bicyclic) bond motifs is 2. The van der Waals surface area contributed by atoms with Gasteiger partial charge < -0.3 is 0 Å². The first-order valence-corrected chi connectivity index (χ1v) is 6.81. The summed E-state index contributed by atoms with van der Waals surface area (Å²) in [6, 6.07) is 0. The van der Waals surface area contributed by atoms with Crippen LogP contribution < -0.4 is 0 Å². The minimum absolute atomic E-state index is 0.487. The maximum absolute atomic E-state index is 11.4. The molecule has 2 aliphatic carbocycles. The zero-order valence-corrected chi connectivity index (χ0v) is 10.0. The Morgan fingerprint density at radius 1 is 1.20 bits per heavy atom. The summed E-state index contributed by atoms with van der Waals surface area (Å²) in [5.41, 5.74) is 0. The van der Waals surface area contributed by atoms with Crippen LogP contribution in [0.2, 0.25) is 0 Å². The number of Topliss-reactive ketones (excluding diaryl/α,β-unsaturated/α-hetero) is 1. The number of hydrogen-bond donors (Lipinski definition) is 0. The summed E-state index contributed by atoms with van der Waals surface area (Å²) in [6.07, 6.45) is 11.1. The number of ketones is 1. The van der Waals surface area contributed by atoms with Crippen molar-refractivity contribution in [3.8, 4) is 0 Å². The fourth-order valence-corrected chi connectivity index (χ4v) is 3.70. The maximum atomic E-state index is 11.4. The SMILES string of the molecule is CCCC(=O)CCCC1CC2CCC1C2. The summed E-state index contributed by atoms with van der Waals surface area (Å²) in [4.78, 5) is 11.4. The zero-order valence-electron chi connectivity index (χ0n) is 10.0. The topological polar surface area (TPSA) is 17.1 Å². The van der Waals surface area contributed by atoms with Gasteiger partial charge in [0.15, 0.2) is 0 Å². The van der Waals surface area contributed by atoms with E-state index in [0.29, 0.717) is 5.78 Å². The summed E-state index contributed by atoms with van der Waals surface area (Å²) < 4.78 is 0. The van der Waals surface area contributed by atoms with Gasteiger partial charge in [0.2, 0.25) is 0 Å². The molecule has 0 aromatic heterocycles. The van der Waals surface area contributed by atoms with Gasteiger partial charge in [-0.1, -0.05) is 13.3 Å². The molecule has 0 aliphatic heterocycles. The largest absolute Gasteiger partial charge is 0.300 e. The first-order valence-electron chi connectivity index (χ1n) is 6.81. The minimum Gasteiger partial charge on any atom is -0.300 e. The molecule has 2 aliphatic rings. The van der Waals surface area contributed by atoms with Crippen molar-refractivity contribution in [2.75, 3.05) is 0 Å². The van der Waals surface area contributed by atoms with Gasteiger partial charge in [-0.15, -0.1) is 0 Å². The summed E-state index contributed by atoms with van der Waals surface area (Å²) in [5, 5.41) is 0. The van der Waals surface area contributed by atoms with Crippen LogP contribution in [-0.2, 0) is 4.79 Å². The smallest absolute Gasteiger partial charge is 0.132 e. The zero-order chi connectivity index (χ0) is 10.7. The van der Waals surface area contributed by atoms with Crippen LogP contribution in [0.4, 0.5) is 0 Å². The summed E-state index contributed by atoms with van der Waals surface area (Å²) in [6.45, 7) is 2.09. The van der Waals surface area contributed by atoms with Gasteiger partial charge in [-0.3, -0.25) is 4.79 Å². The van der Waals surface area contributed by atoms with Crippen molar-refractivity contribution >= 4 is 5.78 Å². The van der Waals surface area contributed by atoms with E-state index in [1.54, 1.807) is 0 Å². The van der Waals surface area contributed by atoms with Gasteiger partial charge in [0.05, 0.1) is 0 Å². The normalized spacial score (nSPS) is 33.5. The fourth-order valence-electron chi connectivity index (χ4n) is 3.70. The highest BCUT2D eigenvalue weighted by molar-refractivity contribution is 5.78. The van der Waals surface area contributed by atoms with Crippen molar-refractivity contribution in [2.45, 2.75) is 64.7 Å². The van der Waals surface area contributed by atoms with E-state index in [1.807, 2.05) is 0 Å². The van der Waals surface area contributed by atoms with Crippen molar-refractivity contribution in [1.82, 2.24) is 0 Å². The number of carbonyl (C=O) groups is 1. The van der Waals surface area contributed by atoms with Crippen molar-refractivity contribution in [3.05, 3.63) is 0 Å². The van der Waals surface area contributed by atoms with Gasteiger partial charge in [-0.2, -0.15) is 0 Å². The quantitative estimate of drug-likeness (QED) is 0.645. The Bertz CT molecular complexity index is 221. The van der Waals surface area contributed by atoms with E-state index in [9.17, 15) is 4.79 Å². The molecule has 15 heavy (non-hydrogen) atoms. The predicted molar refractivity (Wildman–Crippen MR) is 62.7 cm³/mol. The Hall–Kier alpha value is -0.330. The van der Waals surface area contributed by atoms with Gasteiger partial charge in [0.25, 0.3) is 0 Å². The molecular weight excluding hydrogens is 184 g/mol. The van der Waals surface area contributed by atoms with Gasteiger partial charge in [-0.25, -0.2) is 0 Å². The van der Waals surface area contributed by atoms with Crippen LogP contribution in [0.1, 0.15) is 64.7 Å². The van der Waals surface area contributed by atoms with Crippen molar-refractivity contribution in [2.24, 2.45) is 17.8 Å². The Balaban J connectivity index is 1.60. The lowest BCUT2D eigenvalue weighted by atomic mass is 9.85. The monoisotopic (exact) mass is 208 g/mol. The van der Waals surface area contributed by atoms with E-state index in [4.69, 9.17) is 0 Å². The lowest BCUT2D eigenvalue weighted by molar-refractivity contribution is -0.119. The average Bonchev–Trinajstić information content (AvgIpc) is 2.79. The molecule has 3 unspecified atom stereocenters. The second kappa shape index (κ2) is 5.14. The molecule has 2 rings (SSSR count). The van der Waals surface area contributed by atoms with Crippen molar-refractivity contribution in [3.63, 3.8) is 0 Å². The Kier molecular flexibility index (Phi) is 3.82. The molecule has 1 heteroatoms. The first-order chi connectivity index (χ1) is 7.29. The standard InChI is InChI=1S/C14H24O/c1-2-4-14(15)6-3-5-12-9-11-7-8-13(12)10-11/h11-13H,2-10H2,1H3. The molecule has 0 aromatic rings. The van der Waals surface area contributed by atoms with E-state index in [2.05, 4.69) is 6.92 Å². The molecule has 3 atom stereocenters. The van der Waals surface area contributed by atoms with E-state index >= 15 is 0 Å². The Morgan fingerprint density at radius 2 is 2.07 bits per heavy atom. The molecule has 2 saturated carbocycles. The fraction of sp³-hybridized carbons (Fsp3) is 0.929. The van der Waals surface area contributed by atoms with E-state index in [1.165, 1.54) is 32.1 Å². The number of carbonyl (C=O) groups excluding carboxylic acids is 1. The van der Waals surface area contributed by atoms with Gasteiger partial charge in [0, 0.05) is 12.8 Å². The van der Waals surface area contributed by atoms with Crippen molar-refractivity contribution < 1.29 is 4.79 Å². The van der Waals surface area contributed by atoms with Crippen LogP contribution in [0.5, 0.6) is 0 Å². The molecular formula is C14H24O. The summed E-state index contributed by atoms with van der Waals surface area (Å²) in [5.74, 6) is 3.57. The molecule has 86 valence electrons. The average molecular weight is 208 g/mol. The lowest BCUT2D eigenvalue weighted by Gasteiger charge is -2.21. The molecule has 0 radical (unpaired) electrons. The second-order valence-electron chi connectivity index (χ2n) is 5.62. The summed E-state index contributed by atoms with van der Waals surface area (Å²) in [7, 11) is 0. The van der Waals surface area contributed by atoms with Crippen LogP contribution >= 0.6 is 0 Å². The van der Waals surface area contributed by atoms with Gasteiger partial charge >= 0.3 is 0 Å². The highest BCUT2D eigenvalue weighted by Crippen LogP contribution is 2.49. The van der Waals surface area contributed by atoms with Crippen molar-refractivity contribution in [1.29, 1.82) is 0 Å². The predicted octanol–water partition coefficient (Wildman–Crippen LogP) is 3.96. The van der Waals surface area contributed by atoms with Gasteiger partial charge in [0.1, 0.15) is 5.78 Å². The van der Waals surface area contributed by atoms with E-state index in [-0.39, 0.29) is 0 Å². The highest BCUT2D eigenvalue weighted by Gasteiger charge is 2.38. The number of rotatable bonds is 6. The van der Waals surface area contributed by atoms with Crippen LogP contribution in [-0.4, -0.2) is 5.78 Å². The minimum atomic E-state index is 0.487. The molecule has 0 spiro atoms. The highest BCUT2D eigenvalue weighted by atomic mass is 16.1. The van der Waals surface area contributed by atoms with Crippen LogP contribution in [0.15, 0.2) is 0 Å². The molecule has 2 fully saturated rings. The molecule has 1 nitrogen and oxygen atoms in total.